The maximum absolute atomic E-state index is 13.4. The van der Waals surface area contributed by atoms with E-state index in [-0.39, 0.29) is 30.9 Å². The number of ether oxygens (including phenoxy) is 3. The Balaban J connectivity index is 1.07. The molecule has 3 aliphatic heterocycles. The maximum atomic E-state index is 13.4. The number of hydrogen-bond acceptors (Lipinski definition) is 5. The van der Waals surface area contributed by atoms with Gasteiger partial charge in [0.25, 0.3) is 5.91 Å². The summed E-state index contributed by atoms with van der Waals surface area (Å²) in [5.74, 6) is 3.25. The van der Waals surface area contributed by atoms with Crippen LogP contribution in [0.3, 0.4) is 0 Å². The Morgan fingerprint density at radius 1 is 0.971 bits per heavy atom. The lowest BCUT2D eigenvalue weighted by atomic mass is 9.98. The Bertz CT molecular complexity index is 1220. The molecule has 1 amide bonds. The van der Waals surface area contributed by atoms with Crippen LogP contribution in [0.1, 0.15) is 41.6 Å². The van der Waals surface area contributed by atoms with Gasteiger partial charge >= 0.3 is 0 Å². The van der Waals surface area contributed by atoms with Crippen molar-refractivity contribution >= 4 is 29.3 Å². The van der Waals surface area contributed by atoms with Gasteiger partial charge in [0, 0.05) is 52.2 Å². The third-order valence-corrected chi connectivity index (χ3v) is 8.27. The van der Waals surface area contributed by atoms with Crippen LogP contribution in [0.5, 0.6) is 17.2 Å². The van der Waals surface area contributed by atoms with E-state index in [1.54, 1.807) is 11.8 Å². The van der Waals surface area contributed by atoms with E-state index in [0.29, 0.717) is 0 Å². The molecule has 3 aromatic rings. The molecule has 3 heterocycles. The number of fused-ring (bicyclic) bond motifs is 3. The number of carbonyl (C=O) groups excluding carboxylic acids is 1. The monoisotopic (exact) mass is 507 g/mol. The van der Waals surface area contributed by atoms with Gasteiger partial charge in [-0.25, -0.2) is 0 Å². The molecule has 0 spiro atoms. The van der Waals surface area contributed by atoms with Crippen LogP contribution < -0.4 is 14.2 Å². The van der Waals surface area contributed by atoms with Crippen molar-refractivity contribution in [3.63, 3.8) is 0 Å². The topological polar surface area (TPSA) is 48.0 Å². The first-order valence-electron chi connectivity index (χ1n) is 12.0. The lowest BCUT2D eigenvalue weighted by Gasteiger charge is -2.39. The maximum Gasteiger partial charge on any atom is 0.254 e. The summed E-state index contributed by atoms with van der Waals surface area (Å²) in [7, 11) is 0. The van der Waals surface area contributed by atoms with Crippen molar-refractivity contribution in [1.82, 2.24) is 4.90 Å². The summed E-state index contributed by atoms with van der Waals surface area (Å²) in [5, 5.41) is 0.746. The lowest BCUT2D eigenvalue weighted by Crippen LogP contribution is -2.49. The number of amides is 1. The molecular formula is C28H26ClNO4S. The molecule has 0 aliphatic carbocycles. The van der Waals surface area contributed by atoms with Crippen molar-refractivity contribution in [2.45, 2.75) is 54.5 Å². The molecule has 2 fully saturated rings. The van der Waals surface area contributed by atoms with E-state index in [4.69, 9.17) is 25.8 Å². The zero-order valence-electron chi connectivity index (χ0n) is 19.2. The number of halogens is 1. The lowest BCUT2D eigenvalue weighted by molar-refractivity contribution is 0.0358. The van der Waals surface area contributed by atoms with E-state index < -0.39 is 0 Å². The fourth-order valence-electron chi connectivity index (χ4n) is 5.31. The summed E-state index contributed by atoms with van der Waals surface area (Å²) in [4.78, 5) is 16.7. The highest BCUT2D eigenvalue weighted by atomic mass is 35.5. The molecule has 35 heavy (non-hydrogen) atoms. The molecule has 7 heteroatoms. The first kappa shape index (κ1) is 22.6. The molecule has 0 N–H and O–H groups in total. The van der Waals surface area contributed by atoms with Crippen LogP contribution in [0, 0.1) is 0 Å². The molecule has 3 aromatic carbocycles. The fraction of sp³-hybridized carbons (Fsp3) is 0.321. The molecule has 6 rings (SSSR count). The Labute approximate surface area is 214 Å². The second kappa shape index (κ2) is 9.67. The third-order valence-electron chi connectivity index (χ3n) is 6.97. The van der Waals surface area contributed by atoms with Gasteiger partial charge in [0.1, 0.15) is 11.9 Å². The van der Waals surface area contributed by atoms with Crippen LogP contribution in [-0.4, -0.2) is 35.8 Å². The largest absolute Gasteiger partial charge is 0.490 e. The predicted molar refractivity (Wildman–Crippen MR) is 137 cm³/mol. The average molecular weight is 508 g/mol. The average Bonchev–Trinajstić information content (AvgIpc) is 3.44. The standard InChI is InChI=1S/C28H26ClNO4S/c29-20-2-1-3-25(12-20)35-16-18-4-6-19(7-5-18)28(31)30-21-8-9-22(30)14-24(13-21)34-23-10-11-26-27(15-23)33-17-32-26/h1-7,10-12,15,21-22,24H,8-9,13-14,16-17H2. The van der Waals surface area contributed by atoms with Crippen molar-refractivity contribution in [1.29, 1.82) is 0 Å². The summed E-state index contributed by atoms with van der Waals surface area (Å²) in [6, 6.07) is 22.1. The van der Waals surface area contributed by atoms with Crippen molar-refractivity contribution in [3.8, 4) is 17.2 Å². The van der Waals surface area contributed by atoms with E-state index in [2.05, 4.69) is 23.1 Å². The zero-order chi connectivity index (χ0) is 23.8. The molecule has 2 saturated heterocycles. The van der Waals surface area contributed by atoms with Gasteiger partial charge in [0.05, 0.1) is 0 Å². The van der Waals surface area contributed by atoms with Gasteiger partial charge in [0.2, 0.25) is 6.79 Å². The van der Waals surface area contributed by atoms with E-state index >= 15 is 0 Å². The Morgan fingerprint density at radius 3 is 2.51 bits per heavy atom. The van der Waals surface area contributed by atoms with Gasteiger partial charge in [-0.15, -0.1) is 11.8 Å². The number of carbonyl (C=O) groups is 1. The molecule has 5 nitrogen and oxygen atoms in total. The molecule has 2 atom stereocenters. The highest BCUT2D eigenvalue weighted by molar-refractivity contribution is 7.98. The summed E-state index contributed by atoms with van der Waals surface area (Å²) in [6.07, 6.45) is 3.87. The predicted octanol–water partition coefficient (Wildman–Crippen LogP) is 6.58. The van der Waals surface area contributed by atoms with Crippen molar-refractivity contribution in [2.24, 2.45) is 0 Å². The molecule has 0 radical (unpaired) electrons. The first-order valence-corrected chi connectivity index (χ1v) is 13.3. The van der Waals surface area contributed by atoms with E-state index in [0.717, 1.165) is 64.2 Å². The van der Waals surface area contributed by atoms with Crippen molar-refractivity contribution < 1.29 is 19.0 Å². The van der Waals surface area contributed by atoms with Crippen LogP contribution in [0.25, 0.3) is 0 Å². The van der Waals surface area contributed by atoms with Crippen LogP contribution >= 0.6 is 23.4 Å². The quantitative estimate of drug-likeness (QED) is 0.353. The van der Waals surface area contributed by atoms with Gasteiger partial charge < -0.3 is 19.1 Å². The number of rotatable bonds is 6. The molecule has 0 saturated carbocycles. The van der Waals surface area contributed by atoms with E-state index in [1.165, 1.54) is 5.56 Å². The normalized spacial score (nSPS) is 22.3. The van der Waals surface area contributed by atoms with Crippen molar-refractivity contribution in [3.05, 3.63) is 82.9 Å². The highest BCUT2D eigenvalue weighted by Crippen LogP contribution is 2.40. The molecule has 180 valence electrons. The number of hydrogen-bond donors (Lipinski definition) is 0. The zero-order valence-corrected chi connectivity index (χ0v) is 20.8. The smallest absolute Gasteiger partial charge is 0.254 e. The molecule has 2 unspecified atom stereocenters. The van der Waals surface area contributed by atoms with Crippen LogP contribution in [-0.2, 0) is 5.75 Å². The van der Waals surface area contributed by atoms with Gasteiger partial charge in [-0.2, -0.15) is 0 Å². The van der Waals surface area contributed by atoms with Crippen molar-refractivity contribution in [2.75, 3.05) is 6.79 Å². The number of thioether (sulfide) groups is 1. The van der Waals surface area contributed by atoms with Gasteiger partial charge in [-0.05, 0) is 60.9 Å². The molecule has 0 aromatic heterocycles. The van der Waals surface area contributed by atoms with E-state index in [9.17, 15) is 4.79 Å². The molecular weight excluding hydrogens is 482 g/mol. The summed E-state index contributed by atoms with van der Waals surface area (Å²) in [6.45, 7) is 0.255. The van der Waals surface area contributed by atoms with Gasteiger partial charge in [0.15, 0.2) is 11.5 Å². The Kier molecular flexibility index (Phi) is 6.25. The number of nitrogens with zero attached hydrogens (tertiary/aromatic N) is 1. The summed E-state index contributed by atoms with van der Waals surface area (Å²) >= 11 is 7.82. The minimum atomic E-state index is 0.0998. The summed E-state index contributed by atoms with van der Waals surface area (Å²) < 4.78 is 17.2. The Hall–Kier alpha value is -2.83. The third kappa shape index (κ3) is 4.82. The van der Waals surface area contributed by atoms with Crippen LogP contribution in [0.15, 0.2) is 71.6 Å². The summed E-state index contributed by atoms with van der Waals surface area (Å²) in [5.41, 5.74) is 1.94. The second-order valence-corrected chi connectivity index (χ2v) is 10.8. The van der Waals surface area contributed by atoms with E-state index in [1.807, 2.05) is 48.5 Å². The minimum Gasteiger partial charge on any atom is -0.490 e. The van der Waals surface area contributed by atoms with Gasteiger partial charge in [-0.1, -0.05) is 29.8 Å². The number of piperidine rings is 1. The molecule has 3 aliphatic rings. The second-order valence-electron chi connectivity index (χ2n) is 9.27. The fourth-order valence-corrected chi connectivity index (χ4v) is 6.48. The Morgan fingerprint density at radius 2 is 1.74 bits per heavy atom. The van der Waals surface area contributed by atoms with Crippen LogP contribution in [0.2, 0.25) is 5.02 Å². The van der Waals surface area contributed by atoms with Crippen LogP contribution in [0.4, 0.5) is 0 Å². The SMILES string of the molecule is O=C(c1ccc(CSc2cccc(Cl)c2)cc1)N1C2CCC1CC(Oc1ccc3c(c1)OCO3)C2. The minimum absolute atomic E-state index is 0.0998. The molecule has 2 bridgehead atoms. The van der Waals surface area contributed by atoms with Gasteiger partial charge in [-0.3, -0.25) is 4.79 Å². The highest BCUT2D eigenvalue weighted by Gasteiger charge is 2.44. The number of benzene rings is 3. The first-order chi connectivity index (χ1) is 17.1.